The lowest BCUT2D eigenvalue weighted by atomic mass is 10.2. The molecule has 0 saturated heterocycles. The molecule has 1 aromatic rings. The zero-order valence-corrected chi connectivity index (χ0v) is 13.3. The van der Waals surface area contributed by atoms with Crippen LogP contribution in [0.1, 0.15) is 13.3 Å². The van der Waals surface area contributed by atoms with Crippen LogP contribution in [0.25, 0.3) is 0 Å². The molecule has 1 atom stereocenters. The fraction of sp³-hybridized carbons (Fsp3) is 0.300. The molecule has 3 nitrogen and oxygen atoms in total. The molecule has 0 spiro atoms. The highest BCUT2D eigenvalue weighted by atomic mass is 79.9. The zero-order chi connectivity index (χ0) is 12.3. The maximum atomic E-state index is 11.1. The fourth-order valence-electron chi connectivity index (χ4n) is 1.23. The molecule has 16 heavy (non-hydrogen) atoms. The summed E-state index contributed by atoms with van der Waals surface area (Å²) in [5.41, 5.74) is 6.11. The Morgan fingerprint density at radius 3 is 2.25 bits per heavy atom. The van der Waals surface area contributed by atoms with E-state index >= 15 is 0 Å². The number of hydrogen-bond donors (Lipinski definition) is 2. The summed E-state index contributed by atoms with van der Waals surface area (Å²) in [5.74, 6) is -0.357. The Hall–Kier alpha value is -0.0700. The Balaban J connectivity index is 3.01. The highest BCUT2D eigenvalue weighted by Gasteiger charge is 2.15. The molecule has 3 N–H and O–H groups in total. The van der Waals surface area contributed by atoms with Crippen molar-refractivity contribution in [1.29, 1.82) is 0 Å². The second-order valence-electron chi connectivity index (χ2n) is 3.25. The molecule has 0 aromatic heterocycles. The van der Waals surface area contributed by atoms with Crippen molar-refractivity contribution in [3.63, 3.8) is 0 Å². The van der Waals surface area contributed by atoms with Crippen molar-refractivity contribution < 1.29 is 4.79 Å². The van der Waals surface area contributed by atoms with Gasteiger partial charge in [-0.1, -0.05) is 22.9 Å². The van der Waals surface area contributed by atoms with E-state index < -0.39 is 0 Å². The van der Waals surface area contributed by atoms with E-state index in [2.05, 4.69) is 53.1 Å². The third kappa shape index (κ3) is 3.46. The Morgan fingerprint density at radius 1 is 1.38 bits per heavy atom. The number of amides is 1. The number of hydrogen-bond acceptors (Lipinski definition) is 2. The van der Waals surface area contributed by atoms with E-state index in [4.69, 9.17) is 5.73 Å². The van der Waals surface area contributed by atoms with Gasteiger partial charge >= 0.3 is 0 Å². The quantitative estimate of drug-likeness (QED) is 0.790. The first-order chi connectivity index (χ1) is 7.45. The molecule has 1 aromatic carbocycles. The van der Waals surface area contributed by atoms with Gasteiger partial charge in [-0.15, -0.1) is 0 Å². The van der Waals surface area contributed by atoms with Crippen molar-refractivity contribution in [3.8, 4) is 0 Å². The Bertz CT molecular complexity index is 386. The number of primary amides is 1. The lowest BCUT2D eigenvalue weighted by Gasteiger charge is -2.17. The Kier molecular flexibility index (Phi) is 5.27. The van der Waals surface area contributed by atoms with Gasteiger partial charge in [0.15, 0.2) is 0 Å². The second-order valence-corrected chi connectivity index (χ2v) is 5.88. The number of nitrogens with two attached hydrogens (primary N) is 1. The molecular weight excluding hydrogens is 404 g/mol. The summed E-state index contributed by atoms with van der Waals surface area (Å²) in [4.78, 5) is 11.1. The molecule has 0 heterocycles. The monoisotopic (exact) mass is 412 g/mol. The largest absolute Gasteiger partial charge is 0.372 e. The highest BCUT2D eigenvalue weighted by Crippen LogP contribution is 2.34. The minimum atomic E-state index is -0.367. The smallest absolute Gasteiger partial charge is 0.239 e. The van der Waals surface area contributed by atoms with Crippen molar-refractivity contribution in [2.45, 2.75) is 19.4 Å². The number of anilines is 1. The molecule has 0 saturated carbocycles. The Morgan fingerprint density at radius 2 is 1.88 bits per heavy atom. The van der Waals surface area contributed by atoms with Gasteiger partial charge in [-0.05, 0) is 50.4 Å². The predicted molar refractivity (Wildman–Crippen MR) is 76.4 cm³/mol. The highest BCUT2D eigenvalue weighted by molar-refractivity contribution is 9.11. The molecule has 1 unspecified atom stereocenters. The first kappa shape index (κ1) is 14.0. The molecule has 0 aliphatic heterocycles. The maximum absolute atomic E-state index is 11.1. The zero-order valence-electron chi connectivity index (χ0n) is 8.56. The van der Waals surface area contributed by atoms with Gasteiger partial charge in [0.25, 0.3) is 0 Å². The maximum Gasteiger partial charge on any atom is 0.239 e. The number of carbonyl (C=O) groups is 1. The summed E-state index contributed by atoms with van der Waals surface area (Å²) in [6.07, 6.45) is 0.643. The van der Waals surface area contributed by atoms with Crippen LogP contribution in [-0.4, -0.2) is 11.9 Å². The summed E-state index contributed by atoms with van der Waals surface area (Å²) < 4.78 is 2.69. The van der Waals surface area contributed by atoms with Gasteiger partial charge in [0, 0.05) is 13.4 Å². The predicted octanol–water partition coefficient (Wildman–Crippen LogP) is 3.65. The van der Waals surface area contributed by atoms with Crippen LogP contribution in [-0.2, 0) is 4.79 Å². The normalized spacial score (nSPS) is 12.2. The van der Waals surface area contributed by atoms with Gasteiger partial charge in [0.1, 0.15) is 6.04 Å². The van der Waals surface area contributed by atoms with Crippen LogP contribution < -0.4 is 11.1 Å². The van der Waals surface area contributed by atoms with Crippen LogP contribution in [0.3, 0.4) is 0 Å². The van der Waals surface area contributed by atoms with Crippen LogP contribution in [0.4, 0.5) is 5.69 Å². The first-order valence-electron chi connectivity index (χ1n) is 4.66. The topological polar surface area (TPSA) is 55.1 Å². The van der Waals surface area contributed by atoms with Crippen LogP contribution in [0.5, 0.6) is 0 Å². The molecule has 0 aliphatic rings. The Labute approximate surface area is 120 Å². The molecule has 0 aliphatic carbocycles. The molecule has 1 rings (SSSR count). The minimum Gasteiger partial charge on any atom is -0.372 e. The molecule has 0 fully saturated rings. The van der Waals surface area contributed by atoms with E-state index in [9.17, 15) is 4.79 Å². The lowest BCUT2D eigenvalue weighted by Crippen LogP contribution is -2.34. The third-order valence-corrected chi connectivity index (χ3v) is 3.79. The van der Waals surface area contributed by atoms with Gasteiger partial charge in [0.05, 0.1) is 5.69 Å². The number of benzene rings is 1. The summed E-state index contributed by atoms with van der Waals surface area (Å²) in [6.45, 7) is 1.91. The first-order valence-corrected chi connectivity index (χ1v) is 7.04. The van der Waals surface area contributed by atoms with E-state index in [0.29, 0.717) is 6.42 Å². The van der Waals surface area contributed by atoms with Gasteiger partial charge < -0.3 is 11.1 Å². The minimum absolute atomic E-state index is 0.357. The summed E-state index contributed by atoms with van der Waals surface area (Å²) in [7, 11) is 0. The lowest BCUT2D eigenvalue weighted by molar-refractivity contribution is -0.118. The van der Waals surface area contributed by atoms with Crippen LogP contribution >= 0.6 is 47.8 Å². The molecule has 0 bridgehead atoms. The number of carbonyl (C=O) groups excluding carboxylic acids is 1. The van der Waals surface area contributed by atoms with Crippen LogP contribution in [0.2, 0.25) is 0 Å². The standard InChI is InChI=1S/C10H11Br3N2O/c1-2-8(10(14)16)15-9-6(12)3-5(11)4-7(9)13/h3-4,8,15H,2H2,1H3,(H2,14,16). The van der Waals surface area contributed by atoms with Crippen molar-refractivity contribution >= 4 is 59.4 Å². The van der Waals surface area contributed by atoms with Gasteiger partial charge in [-0.2, -0.15) is 0 Å². The second kappa shape index (κ2) is 6.02. The fourth-order valence-corrected chi connectivity index (χ4v) is 3.72. The summed E-state index contributed by atoms with van der Waals surface area (Å²) in [5, 5.41) is 3.10. The average Bonchev–Trinajstić information content (AvgIpc) is 2.15. The van der Waals surface area contributed by atoms with Crippen molar-refractivity contribution in [2.75, 3.05) is 5.32 Å². The number of halogens is 3. The molecular formula is C10H11Br3N2O. The average molecular weight is 415 g/mol. The SMILES string of the molecule is CCC(Nc1c(Br)cc(Br)cc1Br)C(N)=O. The molecule has 0 radical (unpaired) electrons. The van der Waals surface area contributed by atoms with Crippen molar-refractivity contribution in [1.82, 2.24) is 0 Å². The van der Waals surface area contributed by atoms with Crippen LogP contribution in [0.15, 0.2) is 25.6 Å². The molecule has 88 valence electrons. The van der Waals surface area contributed by atoms with E-state index in [-0.39, 0.29) is 11.9 Å². The van der Waals surface area contributed by atoms with Gasteiger partial charge in [0.2, 0.25) is 5.91 Å². The summed E-state index contributed by atoms with van der Waals surface area (Å²) >= 11 is 10.2. The third-order valence-electron chi connectivity index (χ3n) is 2.08. The van der Waals surface area contributed by atoms with Crippen LogP contribution in [0, 0.1) is 0 Å². The number of nitrogens with one attached hydrogen (secondary N) is 1. The van der Waals surface area contributed by atoms with Crippen molar-refractivity contribution in [3.05, 3.63) is 25.6 Å². The van der Waals surface area contributed by atoms with E-state index in [0.717, 1.165) is 19.1 Å². The van der Waals surface area contributed by atoms with Crippen molar-refractivity contribution in [2.24, 2.45) is 5.73 Å². The van der Waals surface area contributed by atoms with E-state index in [1.807, 2.05) is 19.1 Å². The van der Waals surface area contributed by atoms with E-state index in [1.54, 1.807) is 0 Å². The van der Waals surface area contributed by atoms with Gasteiger partial charge in [-0.3, -0.25) is 4.79 Å². The molecule has 1 amide bonds. The number of rotatable bonds is 4. The summed E-state index contributed by atoms with van der Waals surface area (Å²) in [6, 6.07) is 3.44. The van der Waals surface area contributed by atoms with Gasteiger partial charge in [-0.25, -0.2) is 0 Å². The van der Waals surface area contributed by atoms with E-state index in [1.165, 1.54) is 0 Å². The molecule has 6 heteroatoms.